The smallest absolute Gasteiger partial charge is 0.341 e. The Morgan fingerprint density at radius 2 is 1.66 bits per heavy atom. The number of hydrogen-bond acceptors (Lipinski definition) is 17. The zero-order valence-corrected chi connectivity index (χ0v) is 31.4. The van der Waals surface area contributed by atoms with Crippen LogP contribution in [0.5, 0.6) is 11.5 Å². The van der Waals surface area contributed by atoms with Crippen molar-refractivity contribution in [3.63, 3.8) is 0 Å². The van der Waals surface area contributed by atoms with Gasteiger partial charge in [-0.05, 0) is 43.5 Å². The van der Waals surface area contributed by atoms with Crippen molar-refractivity contribution in [3.05, 3.63) is 68.4 Å². The van der Waals surface area contributed by atoms with Crippen molar-refractivity contribution in [2.24, 2.45) is 0 Å². The number of Topliss-reactive ketones (excluding diaryl/α,β-unsaturated/α-hetero) is 3. The molecule has 17 nitrogen and oxygen atoms in total. The van der Waals surface area contributed by atoms with E-state index in [0.717, 1.165) is 26.4 Å². The summed E-state index contributed by atoms with van der Waals surface area (Å²) in [6.07, 6.45) is -7.24. The molecule has 7 rings (SSSR count). The van der Waals surface area contributed by atoms with Crippen LogP contribution in [-0.4, -0.2) is 131 Å². The number of hydrogen-bond donors (Lipinski definition) is 6. The maximum Gasteiger partial charge on any atom is 0.341 e. The van der Waals surface area contributed by atoms with Crippen LogP contribution in [0.4, 0.5) is 0 Å². The van der Waals surface area contributed by atoms with Crippen LogP contribution < -0.4 is 5.32 Å². The van der Waals surface area contributed by atoms with Gasteiger partial charge in [-0.1, -0.05) is 6.07 Å². The van der Waals surface area contributed by atoms with Crippen molar-refractivity contribution in [2.75, 3.05) is 21.3 Å². The van der Waals surface area contributed by atoms with Gasteiger partial charge < -0.3 is 59.3 Å². The van der Waals surface area contributed by atoms with Gasteiger partial charge in [-0.25, -0.2) is 4.79 Å². The zero-order chi connectivity index (χ0) is 40.8. The number of esters is 1. The lowest BCUT2D eigenvalue weighted by molar-refractivity contribution is -0.289. The van der Waals surface area contributed by atoms with E-state index in [-0.39, 0.29) is 46.6 Å². The molecular formula is C39H43NO16. The minimum absolute atomic E-state index is 0.0480. The molecule has 2 aromatic carbocycles. The maximum absolute atomic E-state index is 14.7. The van der Waals surface area contributed by atoms with Crippen molar-refractivity contribution in [3.8, 4) is 11.5 Å². The fraction of sp³-hybridized carbons (Fsp3) is 0.513. The Hall–Kier alpha value is -4.59. The zero-order valence-electron chi connectivity index (χ0n) is 31.4. The molecule has 0 amide bonds. The number of allylic oxidation sites excluding steroid dienone is 2. The van der Waals surface area contributed by atoms with Crippen LogP contribution in [0.2, 0.25) is 0 Å². The highest BCUT2D eigenvalue weighted by atomic mass is 16.7. The second-order valence-electron chi connectivity index (χ2n) is 14.8. The topological polar surface area (TPSA) is 254 Å². The summed E-state index contributed by atoms with van der Waals surface area (Å²) in [7, 11) is 3.37. The summed E-state index contributed by atoms with van der Waals surface area (Å²) >= 11 is 0. The second kappa shape index (κ2) is 14.1. The van der Waals surface area contributed by atoms with E-state index >= 15 is 0 Å². The summed E-state index contributed by atoms with van der Waals surface area (Å²) in [4.78, 5) is 67.6. The average molecular weight is 782 g/mol. The molecule has 56 heavy (non-hydrogen) atoms. The van der Waals surface area contributed by atoms with Gasteiger partial charge in [-0.15, -0.1) is 0 Å². The van der Waals surface area contributed by atoms with Gasteiger partial charge in [0.2, 0.25) is 11.6 Å². The lowest BCUT2D eigenvalue weighted by Crippen LogP contribution is -2.73. The van der Waals surface area contributed by atoms with Gasteiger partial charge in [-0.2, -0.15) is 0 Å². The quantitative estimate of drug-likeness (QED) is 0.210. The molecule has 2 aromatic rings. The van der Waals surface area contributed by atoms with E-state index in [2.05, 4.69) is 5.32 Å². The highest BCUT2D eigenvalue weighted by molar-refractivity contribution is 6.26. The fourth-order valence-corrected chi connectivity index (χ4v) is 8.95. The minimum Gasteiger partial charge on any atom is -0.507 e. The highest BCUT2D eigenvalue weighted by Crippen LogP contribution is 2.56. The van der Waals surface area contributed by atoms with Gasteiger partial charge in [0, 0.05) is 62.8 Å². The molecule has 2 saturated heterocycles. The van der Waals surface area contributed by atoms with Crippen LogP contribution in [-0.2, 0) is 51.7 Å². The Balaban J connectivity index is 1.23. The third-order valence-electron chi connectivity index (χ3n) is 11.7. The molecule has 0 radical (unpaired) electrons. The Morgan fingerprint density at radius 1 is 0.946 bits per heavy atom. The predicted molar refractivity (Wildman–Crippen MR) is 188 cm³/mol. The van der Waals surface area contributed by atoms with Crippen LogP contribution >= 0.6 is 0 Å². The number of fused-ring (bicyclic) bond motifs is 5. The summed E-state index contributed by atoms with van der Waals surface area (Å²) in [5.41, 5.74) is -7.93. The molecule has 1 unspecified atom stereocenters. The van der Waals surface area contributed by atoms with Crippen LogP contribution in [0.25, 0.3) is 0 Å². The highest BCUT2D eigenvalue weighted by Gasteiger charge is 2.72. The largest absolute Gasteiger partial charge is 0.507 e. The van der Waals surface area contributed by atoms with Gasteiger partial charge >= 0.3 is 5.97 Å². The third kappa shape index (κ3) is 5.55. The average Bonchev–Trinajstić information content (AvgIpc) is 3.13. The van der Waals surface area contributed by atoms with Gasteiger partial charge in [0.1, 0.15) is 41.5 Å². The Morgan fingerprint density at radius 3 is 2.30 bits per heavy atom. The molecule has 6 N–H and O–H groups in total. The van der Waals surface area contributed by atoms with E-state index in [1.807, 2.05) is 0 Å². The number of carbonyl (C=O) groups excluding carboxylic acids is 5. The summed E-state index contributed by atoms with van der Waals surface area (Å²) in [5, 5.41) is 61.5. The number of carbonyl (C=O) groups is 5. The first kappa shape index (κ1) is 39.6. The maximum atomic E-state index is 14.7. The molecule has 3 aliphatic carbocycles. The molecule has 2 aliphatic heterocycles. The van der Waals surface area contributed by atoms with Gasteiger partial charge in [0.25, 0.3) is 0 Å². The molecule has 10 atom stereocenters. The lowest BCUT2D eigenvalue weighted by atomic mass is 9.56. The van der Waals surface area contributed by atoms with E-state index in [4.69, 9.17) is 28.4 Å². The molecule has 300 valence electrons. The van der Waals surface area contributed by atoms with Crippen LogP contribution in [0.3, 0.4) is 0 Å². The first-order chi connectivity index (χ1) is 26.5. The molecule has 2 heterocycles. The number of methoxy groups -OCH3 is 3. The molecular weight excluding hydrogens is 738 g/mol. The predicted octanol–water partition coefficient (Wildman–Crippen LogP) is 0.574. The number of ketones is 4. The Labute approximate surface area is 320 Å². The van der Waals surface area contributed by atoms with Gasteiger partial charge in [0.05, 0.1) is 30.4 Å². The van der Waals surface area contributed by atoms with Crippen molar-refractivity contribution < 1.29 is 77.9 Å². The number of aliphatic hydroxyl groups excluding tert-OH is 2. The number of phenolic OH excluding ortho intramolecular Hbond substituents is 2. The summed E-state index contributed by atoms with van der Waals surface area (Å²) in [6, 6.07) is 2.54. The third-order valence-corrected chi connectivity index (χ3v) is 11.7. The van der Waals surface area contributed by atoms with Crippen LogP contribution in [0.15, 0.2) is 23.9 Å². The molecule has 2 fully saturated rings. The van der Waals surface area contributed by atoms with Crippen LogP contribution in [0, 0.1) is 6.92 Å². The standard InChI is InChI=1S/C39H43NO16/c1-14-9-18-12-23(43)39(53-6)35(48)27-20(34(47)38(39,50)28(18)30(45)25(14)37(49)52-5)11-17-10-19(13-22(42)26(17)29(27)44)40-36-33(51-4)31(46)32(16(3)55-36)56-24-8-7-21(41)15(2)54-24/h9,11,13,15-16,23-24,31-33,36,40,43-46,50H,7-8,10,12H2,1-6H3/t15-,16-,23+,24+,31+,32-,33+,36?,38-,39+/m0/s1. The molecule has 17 heteroatoms. The second-order valence-corrected chi connectivity index (χ2v) is 14.8. The number of phenols is 2. The molecule has 0 saturated carbocycles. The minimum atomic E-state index is -3.14. The molecule has 0 spiro atoms. The summed E-state index contributed by atoms with van der Waals surface area (Å²) in [6.45, 7) is 4.75. The number of aromatic hydroxyl groups is 2. The SMILES string of the molecule is COC(=O)c1c(C)cc2c(c1O)[C@]1(O)C(=O)c3cc4c(c(O)c3C(=O)[C@]1(OC)[C@H](O)C2)C(=O)C=C(NC1O[C@@H](C)[C@H](O[C@@H]2CCC(=O)[C@H](C)O2)[C@@H](O)[C@H]1OC)C4. The van der Waals surface area contributed by atoms with E-state index in [9.17, 15) is 49.5 Å². The van der Waals surface area contributed by atoms with Crippen molar-refractivity contribution in [2.45, 2.75) is 107 Å². The number of rotatable bonds is 7. The van der Waals surface area contributed by atoms with E-state index in [1.165, 1.54) is 20.1 Å². The normalized spacial score (nSPS) is 33.8. The van der Waals surface area contributed by atoms with Gasteiger partial charge in [0.15, 0.2) is 35.3 Å². The van der Waals surface area contributed by atoms with Crippen LogP contribution in [0.1, 0.15) is 90.4 Å². The number of aliphatic hydroxyl groups is 3. The summed E-state index contributed by atoms with van der Waals surface area (Å²) < 4.78 is 33.8. The number of benzene rings is 2. The number of nitrogens with one attached hydrogen (secondary N) is 1. The van der Waals surface area contributed by atoms with E-state index < -0.39 is 124 Å². The van der Waals surface area contributed by atoms with Crippen molar-refractivity contribution >= 4 is 29.1 Å². The number of ether oxygens (including phenoxy) is 6. The molecule has 5 aliphatic rings. The summed E-state index contributed by atoms with van der Waals surface area (Å²) in [5.74, 6) is -6.08. The lowest BCUT2D eigenvalue weighted by Gasteiger charge is -2.53. The number of aryl methyl sites for hydroxylation is 1. The first-order valence-electron chi connectivity index (χ1n) is 18.1. The Bertz CT molecular complexity index is 2090. The fourth-order valence-electron chi connectivity index (χ4n) is 8.95. The molecule has 0 aromatic heterocycles. The van der Waals surface area contributed by atoms with Crippen molar-refractivity contribution in [1.29, 1.82) is 0 Å². The molecule has 0 bridgehead atoms. The van der Waals surface area contributed by atoms with E-state index in [1.54, 1.807) is 13.8 Å². The Kier molecular flexibility index (Phi) is 9.98. The monoisotopic (exact) mass is 781 g/mol. The van der Waals surface area contributed by atoms with Crippen molar-refractivity contribution in [1.82, 2.24) is 5.32 Å². The van der Waals surface area contributed by atoms with Gasteiger partial charge in [-0.3, -0.25) is 19.2 Å². The first-order valence-corrected chi connectivity index (χ1v) is 18.1. The van der Waals surface area contributed by atoms with E-state index in [0.29, 0.717) is 6.42 Å².